The van der Waals surface area contributed by atoms with Crippen molar-refractivity contribution >= 4 is 29.5 Å². The fraction of sp³-hybridized carbons (Fsp3) is 0.537. The van der Waals surface area contributed by atoms with Gasteiger partial charge in [-0.2, -0.15) is 0 Å². The first kappa shape index (κ1) is 41.1. The molecule has 1 heterocycles. The molecule has 278 valence electrons. The molecule has 2 aromatic carbocycles. The van der Waals surface area contributed by atoms with Crippen LogP contribution in [0.5, 0.6) is 0 Å². The Morgan fingerprint density at radius 1 is 0.922 bits per heavy atom. The summed E-state index contributed by atoms with van der Waals surface area (Å²) in [7, 11) is 2.96. The molecule has 1 aliphatic heterocycles. The Balaban J connectivity index is 1.76. The number of piperidine rings is 1. The normalized spacial score (nSPS) is 17.3. The van der Waals surface area contributed by atoms with Crippen LogP contribution in [-0.2, 0) is 30.3 Å². The van der Waals surface area contributed by atoms with Gasteiger partial charge in [-0.05, 0) is 57.1 Å². The first-order valence-corrected chi connectivity index (χ1v) is 18.0. The van der Waals surface area contributed by atoms with E-state index in [1.54, 1.807) is 61.3 Å². The zero-order chi connectivity index (χ0) is 38.0. The van der Waals surface area contributed by atoms with Gasteiger partial charge in [0.1, 0.15) is 12.1 Å². The molecule has 0 aliphatic carbocycles. The summed E-state index contributed by atoms with van der Waals surface area (Å²) in [5.41, 5.74) is 1.59. The van der Waals surface area contributed by atoms with Gasteiger partial charge >= 0.3 is 5.97 Å². The van der Waals surface area contributed by atoms with Gasteiger partial charge in [-0.1, -0.05) is 102 Å². The lowest BCUT2D eigenvalue weighted by Gasteiger charge is -2.41. The van der Waals surface area contributed by atoms with Crippen LogP contribution in [0.2, 0.25) is 0 Å². The van der Waals surface area contributed by atoms with Gasteiger partial charge in [0.15, 0.2) is 5.78 Å². The second-order valence-corrected chi connectivity index (χ2v) is 15.3. The molecule has 4 atom stereocenters. The van der Waals surface area contributed by atoms with Crippen LogP contribution in [0.3, 0.4) is 0 Å². The minimum Gasteiger partial charge on any atom is -0.467 e. The lowest BCUT2D eigenvalue weighted by atomic mass is 9.84. The quantitative estimate of drug-likeness (QED) is 0.155. The van der Waals surface area contributed by atoms with E-state index in [1.165, 1.54) is 7.11 Å². The summed E-state index contributed by atoms with van der Waals surface area (Å²) in [5.74, 6) is -1.63. The van der Waals surface area contributed by atoms with Crippen molar-refractivity contribution in [2.45, 2.75) is 111 Å². The van der Waals surface area contributed by atoms with Crippen molar-refractivity contribution < 1.29 is 28.7 Å². The van der Waals surface area contributed by atoms with E-state index in [-0.39, 0.29) is 42.0 Å². The zero-order valence-electron chi connectivity index (χ0n) is 32.1. The number of ketones is 1. The molecular formula is C41H58N4O6. The average molecular weight is 703 g/mol. The molecule has 3 amide bonds. The second kappa shape index (κ2) is 18.3. The van der Waals surface area contributed by atoms with Crippen LogP contribution in [-0.4, -0.2) is 90.2 Å². The molecular weight excluding hydrogens is 644 g/mol. The maximum absolute atomic E-state index is 14.2. The minimum absolute atomic E-state index is 0.0682. The van der Waals surface area contributed by atoms with Gasteiger partial charge in [-0.3, -0.25) is 24.1 Å². The zero-order valence-corrected chi connectivity index (χ0v) is 32.1. The Morgan fingerprint density at radius 2 is 1.53 bits per heavy atom. The number of likely N-dealkylation sites (N-methyl/N-ethyl adjacent to an activating group) is 1. The summed E-state index contributed by atoms with van der Waals surface area (Å²) in [6, 6.07) is 13.6. The molecule has 0 bridgehead atoms. The standard InChI is InChI=1S/C41H58N4O6/c1-26(2)34(44(9)39(49)36(41(6,7)8)43-38(48)33-18-14-15-23-45(33)27(3)4)24-28(5)37(47)42-32(40(50)51-10)25-29-19-21-31(22-20-29)35(46)30-16-12-11-13-17-30/h11-13,16-17,19-22,24,26-27,32-34,36H,14-15,18,23,25H2,1-10H3,(H,42,47)(H,43,48)/b28-24+/t32?,33-,34-,36?/m1/s1. The predicted octanol–water partition coefficient (Wildman–Crippen LogP) is 5.34. The molecule has 0 saturated carbocycles. The van der Waals surface area contributed by atoms with E-state index in [4.69, 9.17) is 4.74 Å². The summed E-state index contributed by atoms with van der Waals surface area (Å²) in [5, 5.41) is 5.91. The van der Waals surface area contributed by atoms with Crippen LogP contribution in [0.1, 0.15) is 96.1 Å². The van der Waals surface area contributed by atoms with E-state index in [9.17, 15) is 24.0 Å². The Morgan fingerprint density at radius 3 is 2.08 bits per heavy atom. The van der Waals surface area contributed by atoms with E-state index >= 15 is 0 Å². The van der Waals surface area contributed by atoms with Crippen molar-refractivity contribution in [2.75, 3.05) is 20.7 Å². The van der Waals surface area contributed by atoms with E-state index in [1.807, 2.05) is 52.8 Å². The fourth-order valence-corrected chi connectivity index (χ4v) is 6.57. The Labute approximate surface area is 304 Å². The van der Waals surface area contributed by atoms with Crippen molar-refractivity contribution in [3.8, 4) is 0 Å². The van der Waals surface area contributed by atoms with Crippen LogP contribution in [0.15, 0.2) is 66.2 Å². The summed E-state index contributed by atoms with van der Waals surface area (Å²) in [4.78, 5) is 70.8. The molecule has 10 heteroatoms. The highest BCUT2D eigenvalue weighted by Crippen LogP contribution is 2.26. The van der Waals surface area contributed by atoms with Crippen molar-refractivity contribution in [1.82, 2.24) is 20.4 Å². The van der Waals surface area contributed by atoms with Crippen molar-refractivity contribution in [3.63, 3.8) is 0 Å². The third-order valence-electron chi connectivity index (χ3n) is 9.65. The summed E-state index contributed by atoms with van der Waals surface area (Å²) < 4.78 is 5.01. The molecule has 0 spiro atoms. The molecule has 2 aromatic rings. The molecule has 10 nitrogen and oxygen atoms in total. The second-order valence-electron chi connectivity index (χ2n) is 15.3. The number of amides is 3. The number of benzene rings is 2. The lowest BCUT2D eigenvalue weighted by molar-refractivity contribution is -0.144. The smallest absolute Gasteiger partial charge is 0.328 e. The number of carbonyl (C=O) groups is 5. The minimum atomic E-state index is -0.982. The highest BCUT2D eigenvalue weighted by molar-refractivity contribution is 6.09. The number of hydrogen-bond acceptors (Lipinski definition) is 7. The lowest BCUT2D eigenvalue weighted by Crippen LogP contribution is -2.60. The molecule has 1 fully saturated rings. The van der Waals surface area contributed by atoms with Gasteiger partial charge < -0.3 is 20.3 Å². The highest BCUT2D eigenvalue weighted by atomic mass is 16.5. The summed E-state index contributed by atoms with van der Waals surface area (Å²) in [6.07, 6.45) is 4.66. The number of esters is 1. The molecule has 3 rings (SSSR count). The topological polar surface area (TPSA) is 125 Å². The number of likely N-dealkylation sites (tertiary alicyclic amines) is 1. The van der Waals surface area contributed by atoms with E-state index in [0.717, 1.165) is 31.4 Å². The van der Waals surface area contributed by atoms with Crippen molar-refractivity contribution in [3.05, 3.63) is 82.9 Å². The average Bonchev–Trinajstić information content (AvgIpc) is 3.11. The van der Waals surface area contributed by atoms with Gasteiger partial charge in [0, 0.05) is 36.2 Å². The van der Waals surface area contributed by atoms with Gasteiger partial charge in [-0.15, -0.1) is 0 Å². The van der Waals surface area contributed by atoms with Crippen LogP contribution < -0.4 is 10.6 Å². The van der Waals surface area contributed by atoms with E-state index < -0.39 is 35.4 Å². The highest BCUT2D eigenvalue weighted by Gasteiger charge is 2.40. The van der Waals surface area contributed by atoms with E-state index in [0.29, 0.717) is 16.7 Å². The maximum atomic E-state index is 14.2. The van der Waals surface area contributed by atoms with Crippen LogP contribution >= 0.6 is 0 Å². The Hall–Kier alpha value is -4.31. The SMILES string of the molecule is COC(=O)C(Cc1ccc(C(=O)c2ccccc2)cc1)NC(=O)/C(C)=C/[C@H](C(C)C)N(C)C(=O)C(NC(=O)[C@H]1CCCCN1C(C)C)C(C)(C)C. The molecule has 2 unspecified atom stereocenters. The molecule has 1 saturated heterocycles. The van der Waals surface area contributed by atoms with Gasteiger partial charge in [0.05, 0.1) is 19.2 Å². The van der Waals surface area contributed by atoms with Crippen molar-refractivity contribution in [1.29, 1.82) is 0 Å². The third-order valence-corrected chi connectivity index (χ3v) is 9.65. The predicted molar refractivity (Wildman–Crippen MR) is 200 cm³/mol. The Bertz CT molecular complexity index is 1540. The van der Waals surface area contributed by atoms with Crippen LogP contribution in [0, 0.1) is 11.3 Å². The molecule has 2 N–H and O–H groups in total. The number of rotatable bonds is 14. The Kier molecular flexibility index (Phi) is 14.7. The fourth-order valence-electron chi connectivity index (χ4n) is 6.57. The monoisotopic (exact) mass is 702 g/mol. The molecule has 0 radical (unpaired) electrons. The number of ether oxygens (including phenoxy) is 1. The van der Waals surface area contributed by atoms with E-state index in [2.05, 4.69) is 29.4 Å². The molecule has 0 aromatic heterocycles. The van der Waals surface area contributed by atoms with Crippen LogP contribution in [0.4, 0.5) is 0 Å². The number of carbonyl (C=O) groups excluding carboxylic acids is 5. The number of nitrogens with zero attached hydrogens (tertiary/aromatic N) is 2. The summed E-state index contributed by atoms with van der Waals surface area (Å²) in [6.45, 7) is 16.4. The first-order valence-electron chi connectivity index (χ1n) is 18.0. The largest absolute Gasteiger partial charge is 0.467 e. The number of hydrogen-bond donors (Lipinski definition) is 2. The van der Waals surface area contributed by atoms with Gasteiger partial charge in [-0.25, -0.2) is 4.79 Å². The molecule has 51 heavy (non-hydrogen) atoms. The van der Waals surface area contributed by atoms with Crippen LogP contribution in [0.25, 0.3) is 0 Å². The number of nitrogens with one attached hydrogen (secondary N) is 2. The van der Waals surface area contributed by atoms with Gasteiger partial charge in [0.2, 0.25) is 17.7 Å². The first-order chi connectivity index (χ1) is 24.0. The summed E-state index contributed by atoms with van der Waals surface area (Å²) >= 11 is 0. The number of methoxy groups -OCH3 is 1. The van der Waals surface area contributed by atoms with Gasteiger partial charge in [0.25, 0.3) is 0 Å². The third kappa shape index (κ3) is 11.1. The van der Waals surface area contributed by atoms with Crippen molar-refractivity contribution in [2.24, 2.45) is 11.3 Å². The maximum Gasteiger partial charge on any atom is 0.328 e. The molecule has 1 aliphatic rings.